The molecule has 1 aromatic rings. The highest BCUT2D eigenvalue weighted by atomic mass is 32.2. The molecule has 0 unspecified atom stereocenters. The van der Waals surface area contributed by atoms with Crippen molar-refractivity contribution in [2.24, 2.45) is 10.7 Å². The van der Waals surface area contributed by atoms with E-state index in [0.29, 0.717) is 0 Å². The van der Waals surface area contributed by atoms with Gasteiger partial charge in [0.05, 0.1) is 0 Å². The normalized spacial score (nSPS) is 18.3. The molecule has 0 saturated heterocycles. The summed E-state index contributed by atoms with van der Waals surface area (Å²) in [6.45, 7) is 3.93. The minimum Gasteiger partial charge on any atom is -0.378 e. The molecule has 2 rings (SSSR count). The molecule has 0 aromatic heterocycles. The number of carbonyl (C=O) groups excluding carboxylic acids is 2. The molecular formula is C13H15N3O2S. The second kappa shape index (κ2) is 5.44. The van der Waals surface area contributed by atoms with Crippen LogP contribution in [0, 0.1) is 13.8 Å². The number of benzene rings is 1. The Morgan fingerprint density at radius 3 is 2.84 bits per heavy atom. The third kappa shape index (κ3) is 3.14. The molecule has 6 heteroatoms. The summed E-state index contributed by atoms with van der Waals surface area (Å²) in [6, 6.07) is 5.71. The summed E-state index contributed by atoms with van der Waals surface area (Å²) in [5, 5.41) is 2.55. The van der Waals surface area contributed by atoms with Gasteiger partial charge in [-0.15, -0.1) is 0 Å². The first kappa shape index (κ1) is 13.6. The fourth-order valence-electron chi connectivity index (χ4n) is 1.79. The second-order valence-corrected chi connectivity index (χ2v) is 5.62. The van der Waals surface area contributed by atoms with E-state index in [0.717, 1.165) is 28.6 Å². The van der Waals surface area contributed by atoms with Gasteiger partial charge < -0.3 is 11.1 Å². The summed E-state index contributed by atoms with van der Waals surface area (Å²) in [5.41, 5.74) is 8.35. The number of nitrogens with zero attached hydrogens (tertiary/aromatic N) is 1. The molecule has 100 valence electrons. The van der Waals surface area contributed by atoms with Gasteiger partial charge in [-0.2, -0.15) is 4.99 Å². The number of carbonyl (C=O) groups is 2. The highest BCUT2D eigenvalue weighted by molar-refractivity contribution is 8.15. The van der Waals surface area contributed by atoms with Crippen molar-refractivity contribution < 1.29 is 9.59 Å². The molecular weight excluding hydrogens is 262 g/mol. The summed E-state index contributed by atoms with van der Waals surface area (Å²) < 4.78 is 0. The molecule has 1 aliphatic rings. The Morgan fingerprint density at radius 2 is 2.21 bits per heavy atom. The summed E-state index contributed by atoms with van der Waals surface area (Å²) in [6.07, 6.45) is 0.0844. The molecule has 0 fully saturated rings. The van der Waals surface area contributed by atoms with Gasteiger partial charge in [0.25, 0.3) is 5.91 Å². The second-order valence-electron chi connectivity index (χ2n) is 4.39. The minimum absolute atomic E-state index is 0.0844. The summed E-state index contributed by atoms with van der Waals surface area (Å²) in [4.78, 5) is 26.9. The maximum absolute atomic E-state index is 11.9. The van der Waals surface area contributed by atoms with Gasteiger partial charge in [-0.05, 0) is 31.0 Å². The molecule has 19 heavy (non-hydrogen) atoms. The van der Waals surface area contributed by atoms with Gasteiger partial charge in [-0.1, -0.05) is 23.9 Å². The zero-order valence-electron chi connectivity index (χ0n) is 10.8. The Labute approximate surface area is 115 Å². The maximum Gasteiger partial charge on any atom is 0.262 e. The number of hydrogen-bond donors (Lipinski definition) is 2. The average molecular weight is 277 g/mol. The third-order valence-electron chi connectivity index (χ3n) is 3.01. The van der Waals surface area contributed by atoms with Gasteiger partial charge in [0.15, 0.2) is 5.17 Å². The number of nitrogens with one attached hydrogen (secondary N) is 1. The fraction of sp³-hybridized carbons (Fsp3) is 0.308. The fourth-order valence-corrected chi connectivity index (χ4v) is 2.61. The van der Waals surface area contributed by atoms with Crippen LogP contribution in [0.15, 0.2) is 23.2 Å². The number of amidine groups is 1. The van der Waals surface area contributed by atoms with E-state index in [9.17, 15) is 9.59 Å². The van der Waals surface area contributed by atoms with Crippen LogP contribution in [0.25, 0.3) is 0 Å². The standard InChI is InChI=1S/C13H15N3O2S/c1-7-4-3-5-9(8(7)2)15-11(17)6-10-12(18)16-13(14)19-10/h3-5,10H,6H2,1-2H3,(H,15,17)(H2,14,16,18)/t10-/m1/s1. The van der Waals surface area contributed by atoms with Gasteiger partial charge in [0.1, 0.15) is 5.25 Å². The van der Waals surface area contributed by atoms with Crippen molar-refractivity contribution >= 4 is 34.4 Å². The van der Waals surface area contributed by atoms with Crippen LogP contribution < -0.4 is 11.1 Å². The number of aliphatic imine (C=N–C) groups is 1. The number of amides is 2. The molecule has 0 spiro atoms. The lowest BCUT2D eigenvalue weighted by atomic mass is 10.1. The van der Waals surface area contributed by atoms with Crippen molar-refractivity contribution in [1.82, 2.24) is 0 Å². The quantitative estimate of drug-likeness (QED) is 0.878. The van der Waals surface area contributed by atoms with Crippen LogP contribution in [0.4, 0.5) is 5.69 Å². The number of nitrogens with two attached hydrogens (primary N) is 1. The Kier molecular flexibility index (Phi) is 3.90. The zero-order valence-corrected chi connectivity index (χ0v) is 11.6. The first-order chi connectivity index (χ1) is 8.97. The highest BCUT2D eigenvalue weighted by Crippen LogP contribution is 2.24. The van der Waals surface area contributed by atoms with Crippen molar-refractivity contribution in [1.29, 1.82) is 0 Å². The van der Waals surface area contributed by atoms with Crippen LogP contribution in [0.1, 0.15) is 17.5 Å². The molecule has 1 aliphatic heterocycles. The van der Waals surface area contributed by atoms with Gasteiger partial charge >= 0.3 is 0 Å². The molecule has 1 atom stereocenters. The summed E-state index contributed by atoms with van der Waals surface area (Å²) in [5.74, 6) is -0.539. The van der Waals surface area contributed by atoms with E-state index in [1.54, 1.807) is 0 Å². The predicted octanol–water partition coefficient (Wildman–Crippen LogP) is 1.59. The predicted molar refractivity (Wildman–Crippen MR) is 77.2 cm³/mol. The lowest BCUT2D eigenvalue weighted by molar-refractivity contribution is -0.121. The lowest BCUT2D eigenvalue weighted by Gasteiger charge is -2.11. The molecule has 2 amide bonds. The van der Waals surface area contributed by atoms with Gasteiger partial charge in [-0.25, -0.2) is 0 Å². The van der Waals surface area contributed by atoms with Gasteiger partial charge in [0.2, 0.25) is 5.91 Å². The van der Waals surface area contributed by atoms with Gasteiger partial charge in [-0.3, -0.25) is 9.59 Å². The molecule has 1 aromatic carbocycles. The van der Waals surface area contributed by atoms with E-state index in [4.69, 9.17) is 5.73 Å². The van der Waals surface area contributed by atoms with E-state index in [1.807, 2.05) is 32.0 Å². The van der Waals surface area contributed by atoms with E-state index >= 15 is 0 Å². The molecule has 1 heterocycles. The van der Waals surface area contributed by atoms with Crippen molar-refractivity contribution in [3.8, 4) is 0 Å². The van der Waals surface area contributed by atoms with Crippen LogP contribution in [0.5, 0.6) is 0 Å². The van der Waals surface area contributed by atoms with Crippen LogP contribution in [0.3, 0.4) is 0 Å². The van der Waals surface area contributed by atoms with Crippen LogP contribution >= 0.6 is 11.8 Å². The van der Waals surface area contributed by atoms with E-state index < -0.39 is 5.25 Å². The molecule has 3 N–H and O–H groups in total. The maximum atomic E-state index is 11.9. The first-order valence-electron chi connectivity index (χ1n) is 5.88. The Morgan fingerprint density at radius 1 is 1.47 bits per heavy atom. The average Bonchev–Trinajstić information content (AvgIpc) is 2.64. The topological polar surface area (TPSA) is 84.6 Å². The summed E-state index contributed by atoms with van der Waals surface area (Å²) in [7, 11) is 0. The number of thioether (sulfide) groups is 1. The number of rotatable bonds is 3. The minimum atomic E-state index is -0.495. The number of hydrogen-bond acceptors (Lipinski definition) is 4. The van der Waals surface area contributed by atoms with Crippen LogP contribution in [-0.4, -0.2) is 22.2 Å². The van der Waals surface area contributed by atoms with E-state index in [2.05, 4.69) is 10.3 Å². The molecule has 0 bridgehead atoms. The van der Waals surface area contributed by atoms with Crippen molar-refractivity contribution in [3.05, 3.63) is 29.3 Å². The molecule has 0 radical (unpaired) electrons. The Hall–Kier alpha value is -1.82. The lowest BCUT2D eigenvalue weighted by Crippen LogP contribution is -2.22. The van der Waals surface area contributed by atoms with Crippen molar-refractivity contribution in [2.45, 2.75) is 25.5 Å². The SMILES string of the molecule is Cc1cccc(NC(=O)C[C@H]2SC(N)=NC2=O)c1C. The molecule has 0 saturated carbocycles. The van der Waals surface area contributed by atoms with Crippen molar-refractivity contribution in [2.75, 3.05) is 5.32 Å². The van der Waals surface area contributed by atoms with Crippen molar-refractivity contribution in [3.63, 3.8) is 0 Å². The monoisotopic (exact) mass is 277 g/mol. The molecule has 0 aliphatic carbocycles. The number of aryl methyl sites for hydroxylation is 1. The smallest absolute Gasteiger partial charge is 0.262 e. The third-order valence-corrected chi connectivity index (χ3v) is 3.99. The van der Waals surface area contributed by atoms with Crippen LogP contribution in [0.2, 0.25) is 0 Å². The first-order valence-corrected chi connectivity index (χ1v) is 6.76. The van der Waals surface area contributed by atoms with Crippen LogP contribution in [-0.2, 0) is 9.59 Å². The zero-order chi connectivity index (χ0) is 14.0. The summed E-state index contributed by atoms with van der Waals surface area (Å²) >= 11 is 1.14. The Balaban J connectivity index is 1.99. The van der Waals surface area contributed by atoms with Gasteiger partial charge in [0, 0.05) is 12.1 Å². The van der Waals surface area contributed by atoms with E-state index in [-0.39, 0.29) is 23.4 Å². The molecule has 5 nitrogen and oxygen atoms in total. The highest BCUT2D eigenvalue weighted by Gasteiger charge is 2.29. The van der Waals surface area contributed by atoms with E-state index in [1.165, 1.54) is 0 Å². The largest absolute Gasteiger partial charge is 0.378 e. The number of anilines is 1. The Bertz CT molecular complexity index is 569.